The van der Waals surface area contributed by atoms with Gasteiger partial charge in [-0.2, -0.15) is 0 Å². The fraction of sp³-hybridized carbons (Fsp3) is 0.200. The van der Waals surface area contributed by atoms with Gasteiger partial charge in [0, 0.05) is 12.0 Å². The SMILES string of the molecule is C=C/C=C\C(C)=C/C/P=C/C(=O)O. The van der Waals surface area contributed by atoms with Gasteiger partial charge in [0.05, 0.1) is 0 Å². The number of allylic oxidation sites excluding steroid dienone is 5. The first-order valence-electron chi connectivity index (χ1n) is 3.85. The van der Waals surface area contributed by atoms with Crippen molar-refractivity contribution >= 4 is 20.0 Å². The summed E-state index contributed by atoms with van der Waals surface area (Å²) in [7, 11) is 0.806. The predicted octanol–water partition coefficient (Wildman–Crippen LogP) is 2.51. The van der Waals surface area contributed by atoms with E-state index < -0.39 is 5.97 Å². The molecule has 0 fully saturated rings. The highest BCUT2D eigenvalue weighted by atomic mass is 31.1. The van der Waals surface area contributed by atoms with Crippen LogP contribution in [0.4, 0.5) is 0 Å². The molecule has 0 atom stereocenters. The molecule has 0 aliphatic carbocycles. The van der Waals surface area contributed by atoms with Gasteiger partial charge in [0.25, 0.3) is 0 Å². The van der Waals surface area contributed by atoms with Crippen molar-refractivity contribution in [1.29, 1.82) is 0 Å². The van der Waals surface area contributed by atoms with Crippen molar-refractivity contribution in [3.8, 4) is 0 Å². The van der Waals surface area contributed by atoms with Gasteiger partial charge < -0.3 is 5.11 Å². The molecule has 0 rings (SSSR count). The minimum Gasteiger partial charge on any atom is -0.478 e. The van der Waals surface area contributed by atoms with Crippen LogP contribution in [0.1, 0.15) is 6.92 Å². The van der Waals surface area contributed by atoms with E-state index in [1.165, 1.54) is 5.80 Å². The molecule has 0 aliphatic heterocycles. The highest BCUT2D eigenvalue weighted by molar-refractivity contribution is 7.41. The Balaban J connectivity index is 3.90. The van der Waals surface area contributed by atoms with Crippen molar-refractivity contribution in [3.63, 3.8) is 0 Å². The van der Waals surface area contributed by atoms with Crippen LogP contribution in [-0.4, -0.2) is 23.0 Å². The molecule has 13 heavy (non-hydrogen) atoms. The molecule has 0 heterocycles. The Hall–Kier alpha value is -1.14. The Bertz CT molecular complexity index is 262. The molecule has 0 aromatic heterocycles. The van der Waals surface area contributed by atoms with Crippen LogP contribution in [0.2, 0.25) is 0 Å². The van der Waals surface area contributed by atoms with E-state index in [1.54, 1.807) is 6.08 Å². The maximum absolute atomic E-state index is 10.1. The summed E-state index contributed by atoms with van der Waals surface area (Å²) >= 11 is 0. The van der Waals surface area contributed by atoms with Crippen molar-refractivity contribution in [2.24, 2.45) is 0 Å². The van der Waals surface area contributed by atoms with Crippen molar-refractivity contribution < 1.29 is 9.90 Å². The molecular formula is C10H13O2P. The Morgan fingerprint density at radius 3 is 2.85 bits per heavy atom. The van der Waals surface area contributed by atoms with Gasteiger partial charge in [-0.15, -0.1) is 0 Å². The number of carboxylic acids is 1. The second-order valence-corrected chi connectivity index (χ2v) is 3.36. The van der Waals surface area contributed by atoms with Gasteiger partial charge in [-0.05, 0) is 6.92 Å². The Labute approximate surface area is 80.1 Å². The van der Waals surface area contributed by atoms with Gasteiger partial charge in [-0.1, -0.05) is 44.7 Å². The van der Waals surface area contributed by atoms with Crippen LogP contribution in [0.15, 0.2) is 36.5 Å². The molecule has 0 saturated carbocycles. The van der Waals surface area contributed by atoms with Crippen LogP contribution < -0.4 is 0 Å². The molecule has 2 nitrogen and oxygen atoms in total. The summed E-state index contributed by atoms with van der Waals surface area (Å²) in [6.45, 7) is 5.52. The average Bonchev–Trinajstić information content (AvgIpc) is 2.08. The highest BCUT2D eigenvalue weighted by Gasteiger charge is 1.84. The van der Waals surface area contributed by atoms with Gasteiger partial charge in [0.15, 0.2) is 0 Å². The largest absolute Gasteiger partial charge is 0.478 e. The summed E-state index contributed by atoms with van der Waals surface area (Å²) < 4.78 is 0. The first kappa shape index (κ1) is 11.9. The molecule has 0 saturated heterocycles. The first-order valence-corrected chi connectivity index (χ1v) is 5.00. The molecule has 0 radical (unpaired) electrons. The third-order valence-electron chi connectivity index (χ3n) is 1.22. The van der Waals surface area contributed by atoms with Gasteiger partial charge in [0.2, 0.25) is 0 Å². The number of rotatable bonds is 5. The van der Waals surface area contributed by atoms with Crippen LogP contribution >= 0.6 is 8.20 Å². The van der Waals surface area contributed by atoms with Crippen LogP contribution in [-0.2, 0) is 4.79 Å². The van der Waals surface area contributed by atoms with Crippen LogP contribution in [0.5, 0.6) is 0 Å². The summed E-state index contributed by atoms with van der Waals surface area (Å²) in [6.07, 6.45) is 8.21. The summed E-state index contributed by atoms with van der Waals surface area (Å²) in [6, 6.07) is 0. The molecule has 70 valence electrons. The zero-order valence-corrected chi connectivity index (χ0v) is 8.50. The summed E-state index contributed by atoms with van der Waals surface area (Å²) in [5, 5.41) is 8.31. The van der Waals surface area contributed by atoms with Gasteiger partial charge in [-0.25, -0.2) is 4.79 Å². The smallest absolute Gasteiger partial charge is 0.332 e. The zero-order chi connectivity index (χ0) is 10.1. The number of hydrogen-bond acceptors (Lipinski definition) is 1. The van der Waals surface area contributed by atoms with E-state index in [0.29, 0.717) is 0 Å². The van der Waals surface area contributed by atoms with Crippen LogP contribution in [0, 0.1) is 0 Å². The van der Waals surface area contributed by atoms with E-state index in [0.717, 1.165) is 19.9 Å². The Morgan fingerprint density at radius 1 is 1.62 bits per heavy atom. The number of carboxylic acid groups (broad SMARTS) is 1. The number of hydrogen-bond donors (Lipinski definition) is 1. The molecule has 0 aromatic carbocycles. The summed E-state index contributed by atoms with van der Waals surface area (Å²) in [4.78, 5) is 10.1. The first-order chi connectivity index (χ1) is 6.16. The highest BCUT2D eigenvalue weighted by Crippen LogP contribution is 2.00. The third-order valence-corrected chi connectivity index (χ3v) is 2.01. The minimum atomic E-state index is -0.866. The van der Waals surface area contributed by atoms with Crippen molar-refractivity contribution in [2.75, 3.05) is 6.16 Å². The fourth-order valence-electron chi connectivity index (χ4n) is 0.615. The van der Waals surface area contributed by atoms with Crippen LogP contribution in [0.25, 0.3) is 0 Å². The third kappa shape index (κ3) is 8.77. The van der Waals surface area contributed by atoms with E-state index >= 15 is 0 Å². The summed E-state index contributed by atoms with van der Waals surface area (Å²) in [5.41, 5.74) is 1.12. The number of carbonyl (C=O) groups is 1. The topological polar surface area (TPSA) is 37.3 Å². The lowest BCUT2D eigenvalue weighted by Gasteiger charge is -1.87. The van der Waals surface area contributed by atoms with E-state index in [9.17, 15) is 4.79 Å². The molecule has 0 unspecified atom stereocenters. The van der Waals surface area contributed by atoms with Gasteiger partial charge in [0.1, 0.15) is 0 Å². The second kappa shape index (κ2) is 7.51. The normalized spacial score (nSPS) is 12.5. The predicted molar refractivity (Wildman–Crippen MR) is 58.6 cm³/mol. The Morgan fingerprint density at radius 2 is 2.31 bits per heavy atom. The maximum atomic E-state index is 10.1. The van der Waals surface area contributed by atoms with Crippen molar-refractivity contribution in [3.05, 3.63) is 36.5 Å². The zero-order valence-electron chi connectivity index (χ0n) is 7.60. The van der Waals surface area contributed by atoms with Crippen molar-refractivity contribution in [2.45, 2.75) is 6.92 Å². The Kier molecular flexibility index (Phi) is 6.85. The fourth-order valence-corrected chi connectivity index (χ4v) is 1.27. The van der Waals surface area contributed by atoms with Gasteiger partial charge >= 0.3 is 5.97 Å². The van der Waals surface area contributed by atoms with E-state index in [4.69, 9.17) is 5.11 Å². The van der Waals surface area contributed by atoms with Crippen molar-refractivity contribution in [1.82, 2.24) is 0 Å². The molecule has 3 heteroatoms. The molecule has 0 aromatic rings. The minimum absolute atomic E-state index is 0.736. The second-order valence-electron chi connectivity index (χ2n) is 2.38. The molecule has 0 bridgehead atoms. The molecule has 0 spiro atoms. The van der Waals surface area contributed by atoms with E-state index in [-0.39, 0.29) is 0 Å². The lowest BCUT2D eigenvalue weighted by molar-refractivity contribution is -0.128. The van der Waals surface area contributed by atoms with E-state index in [2.05, 4.69) is 6.58 Å². The van der Waals surface area contributed by atoms with Gasteiger partial charge in [-0.3, -0.25) is 0 Å². The van der Waals surface area contributed by atoms with Crippen LogP contribution in [0.3, 0.4) is 0 Å². The molecular weight excluding hydrogens is 183 g/mol. The number of aliphatic carboxylic acids is 1. The average molecular weight is 196 g/mol. The standard InChI is InChI=1S/C10H13O2P/c1-3-4-5-9(2)6-7-13-8-10(11)12/h3-6,8H,1,7H2,2H3,(H,11,12)/b5-4-,9-6-. The summed E-state index contributed by atoms with van der Waals surface area (Å²) in [5.74, 6) is 0.371. The molecule has 0 aliphatic rings. The van der Waals surface area contributed by atoms with E-state index in [1.807, 2.05) is 25.2 Å². The lowest BCUT2D eigenvalue weighted by atomic mass is 10.3. The monoisotopic (exact) mass is 196 g/mol. The maximum Gasteiger partial charge on any atom is 0.332 e. The molecule has 0 amide bonds. The quantitative estimate of drug-likeness (QED) is 0.541. The lowest BCUT2D eigenvalue weighted by Crippen LogP contribution is -1.91. The molecule has 1 N–H and O–H groups in total.